The highest BCUT2D eigenvalue weighted by Crippen LogP contribution is 2.53. The molecule has 2 heterocycles. The Morgan fingerprint density at radius 2 is 1.76 bits per heavy atom. The summed E-state index contributed by atoms with van der Waals surface area (Å²) in [5.41, 5.74) is 11.4. The van der Waals surface area contributed by atoms with Gasteiger partial charge in [-0.15, -0.1) is 0 Å². The van der Waals surface area contributed by atoms with Gasteiger partial charge in [0.15, 0.2) is 0 Å². The molecule has 0 saturated carbocycles. The average Bonchev–Trinajstić information content (AvgIpc) is 3.36. The number of nitrogens with zero attached hydrogens (tertiary/aromatic N) is 2. The van der Waals surface area contributed by atoms with E-state index in [2.05, 4.69) is 41.4 Å². The van der Waals surface area contributed by atoms with E-state index in [1.165, 1.54) is 5.56 Å². The minimum absolute atomic E-state index is 0.120. The van der Waals surface area contributed by atoms with E-state index in [1.807, 2.05) is 37.3 Å². The second-order valence-corrected chi connectivity index (χ2v) is 12.1. The van der Waals surface area contributed by atoms with Crippen molar-refractivity contribution < 1.29 is 28.5 Å². The Morgan fingerprint density at radius 1 is 0.978 bits per heavy atom. The lowest BCUT2D eigenvalue weighted by atomic mass is 9.73. The molecule has 3 aromatic carbocycles. The van der Waals surface area contributed by atoms with Crippen LogP contribution in [-0.2, 0) is 30.8 Å². The molecule has 1 amide bonds. The van der Waals surface area contributed by atoms with E-state index < -0.39 is 0 Å². The van der Waals surface area contributed by atoms with Crippen LogP contribution in [0.1, 0.15) is 55.4 Å². The molecule has 1 unspecified atom stereocenters. The first-order valence-electron chi connectivity index (χ1n) is 16.0. The minimum Gasteiger partial charge on any atom is -0.485 e. The number of amides is 1. The summed E-state index contributed by atoms with van der Waals surface area (Å²) in [6.45, 7) is 4.29. The third-order valence-corrected chi connectivity index (χ3v) is 9.26. The Labute approximate surface area is 269 Å². The maximum absolute atomic E-state index is 12.7. The fourth-order valence-corrected chi connectivity index (χ4v) is 6.86. The molecule has 240 valence electrons. The van der Waals surface area contributed by atoms with Crippen molar-refractivity contribution in [1.82, 2.24) is 9.88 Å². The van der Waals surface area contributed by atoms with Crippen molar-refractivity contribution in [1.29, 1.82) is 0 Å². The highest BCUT2D eigenvalue weighted by Gasteiger charge is 2.47. The molecule has 1 spiro atoms. The van der Waals surface area contributed by atoms with E-state index in [1.54, 1.807) is 18.2 Å². The number of anilines is 1. The van der Waals surface area contributed by atoms with Gasteiger partial charge in [0, 0.05) is 55.8 Å². The van der Waals surface area contributed by atoms with Gasteiger partial charge in [-0.3, -0.25) is 4.79 Å². The standard InChI is InChI=1S/C37H41N3O6/c1-3-44-36(42)40-17-14-37(15-18-40)24-33(46-32-8-5-4-7-28(32)23-34(41)45-20-6-19-43-2)30-22-27(11-12-31(30)37)26-10-9-25-13-16-39-35(38)29(25)21-26/h4-5,7-13,16,21-22,33H,3,6,14-15,17-20,23-24H2,1-2H3,(H2,38,39). The molecular weight excluding hydrogens is 582 g/mol. The molecule has 6 rings (SSSR count). The van der Waals surface area contributed by atoms with E-state index in [9.17, 15) is 9.59 Å². The number of likely N-dealkylation sites (tertiary alicyclic amines) is 1. The predicted molar refractivity (Wildman–Crippen MR) is 177 cm³/mol. The fraction of sp³-hybridized carbons (Fsp3) is 0.378. The van der Waals surface area contributed by atoms with Crippen molar-refractivity contribution in [2.75, 3.05) is 45.8 Å². The zero-order valence-corrected chi connectivity index (χ0v) is 26.5. The van der Waals surface area contributed by atoms with E-state index in [-0.39, 0.29) is 30.0 Å². The molecule has 1 aliphatic heterocycles. The quantitative estimate of drug-likeness (QED) is 0.155. The number of ether oxygens (including phenoxy) is 4. The lowest BCUT2D eigenvalue weighted by Gasteiger charge is -2.39. The van der Waals surface area contributed by atoms with E-state index in [0.717, 1.165) is 52.3 Å². The van der Waals surface area contributed by atoms with Gasteiger partial charge >= 0.3 is 12.1 Å². The number of fused-ring (bicyclic) bond motifs is 3. The Bertz CT molecular complexity index is 1710. The minimum atomic E-state index is -0.297. The summed E-state index contributed by atoms with van der Waals surface area (Å²) >= 11 is 0. The first-order chi connectivity index (χ1) is 22.4. The van der Waals surface area contributed by atoms with Gasteiger partial charge in [0.05, 0.1) is 19.6 Å². The van der Waals surface area contributed by atoms with Crippen molar-refractivity contribution in [2.45, 2.75) is 50.5 Å². The molecule has 1 atom stereocenters. The number of esters is 1. The molecule has 2 aliphatic rings. The summed E-state index contributed by atoms with van der Waals surface area (Å²) < 4.78 is 22.6. The normalized spacial score (nSPS) is 16.7. The van der Waals surface area contributed by atoms with Gasteiger partial charge in [0.25, 0.3) is 0 Å². The van der Waals surface area contributed by atoms with Gasteiger partial charge in [-0.05, 0) is 78.1 Å². The molecule has 1 aliphatic carbocycles. The highest BCUT2D eigenvalue weighted by molar-refractivity contribution is 5.94. The van der Waals surface area contributed by atoms with Gasteiger partial charge < -0.3 is 29.6 Å². The topological polar surface area (TPSA) is 113 Å². The number of piperidine rings is 1. The number of nitrogen functional groups attached to an aromatic ring is 1. The Morgan fingerprint density at radius 3 is 2.57 bits per heavy atom. The lowest BCUT2D eigenvalue weighted by Crippen LogP contribution is -2.44. The Balaban J connectivity index is 1.31. The maximum Gasteiger partial charge on any atom is 0.409 e. The van der Waals surface area contributed by atoms with Crippen LogP contribution in [0, 0.1) is 0 Å². The zero-order chi connectivity index (χ0) is 32.1. The van der Waals surface area contributed by atoms with E-state index in [4.69, 9.17) is 24.7 Å². The molecule has 9 heteroatoms. The van der Waals surface area contributed by atoms with Gasteiger partial charge in [-0.2, -0.15) is 0 Å². The number of benzene rings is 3. The van der Waals surface area contributed by atoms with Crippen LogP contribution < -0.4 is 10.5 Å². The fourth-order valence-electron chi connectivity index (χ4n) is 6.86. The van der Waals surface area contributed by atoms with Gasteiger partial charge in [-0.25, -0.2) is 9.78 Å². The van der Waals surface area contributed by atoms with Crippen LogP contribution in [0.5, 0.6) is 5.75 Å². The SMILES string of the molecule is CCOC(=O)N1CCC2(CC1)CC(Oc1ccccc1CC(=O)OCCCOC)c1cc(-c3ccc4ccnc(N)c4c3)ccc12. The van der Waals surface area contributed by atoms with Crippen molar-refractivity contribution >= 4 is 28.7 Å². The summed E-state index contributed by atoms with van der Waals surface area (Å²) in [6.07, 6.45) is 4.39. The average molecular weight is 624 g/mol. The van der Waals surface area contributed by atoms with Gasteiger partial charge in [-0.1, -0.05) is 42.5 Å². The Kier molecular flexibility index (Phi) is 9.40. The monoisotopic (exact) mass is 623 g/mol. The first kappa shape index (κ1) is 31.4. The van der Waals surface area contributed by atoms with Crippen LogP contribution >= 0.6 is 0 Å². The van der Waals surface area contributed by atoms with Crippen molar-refractivity contribution in [2.24, 2.45) is 0 Å². The molecule has 0 radical (unpaired) electrons. The van der Waals surface area contributed by atoms with E-state index in [0.29, 0.717) is 50.9 Å². The molecule has 46 heavy (non-hydrogen) atoms. The van der Waals surface area contributed by atoms with Crippen molar-refractivity contribution in [3.63, 3.8) is 0 Å². The molecule has 4 aromatic rings. The second-order valence-electron chi connectivity index (χ2n) is 12.1. The highest BCUT2D eigenvalue weighted by atomic mass is 16.6. The van der Waals surface area contributed by atoms with E-state index >= 15 is 0 Å². The number of hydrogen-bond donors (Lipinski definition) is 1. The maximum atomic E-state index is 12.7. The summed E-state index contributed by atoms with van der Waals surface area (Å²) in [5, 5.41) is 1.96. The Hall–Kier alpha value is -4.63. The summed E-state index contributed by atoms with van der Waals surface area (Å²) in [5.74, 6) is 0.875. The zero-order valence-electron chi connectivity index (χ0n) is 26.5. The summed E-state index contributed by atoms with van der Waals surface area (Å²) in [4.78, 5) is 31.3. The first-order valence-corrected chi connectivity index (χ1v) is 16.0. The lowest BCUT2D eigenvalue weighted by molar-refractivity contribution is -0.143. The molecular formula is C37H41N3O6. The number of para-hydroxylation sites is 1. The number of carbonyl (C=O) groups is 2. The van der Waals surface area contributed by atoms with Crippen LogP contribution in [0.25, 0.3) is 21.9 Å². The number of methoxy groups -OCH3 is 1. The van der Waals surface area contributed by atoms with Crippen LogP contribution in [0.3, 0.4) is 0 Å². The molecule has 1 saturated heterocycles. The summed E-state index contributed by atoms with van der Waals surface area (Å²) in [6, 6.07) is 22.5. The van der Waals surface area contributed by atoms with Gasteiger partial charge in [0.1, 0.15) is 17.7 Å². The molecule has 1 aromatic heterocycles. The second kappa shape index (κ2) is 13.8. The smallest absolute Gasteiger partial charge is 0.409 e. The molecule has 9 nitrogen and oxygen atoms in total. The number of rotatable bonds is 10. The van der Waals surface area contributed by atoms with Gasteiger partial charge in [0.2, 0.25) is 0 Å². The van der Waals surface area contributed by atoms with Crippen LogP contribution in [0.15, 0.2) is 72.9 Å². The van der Waals surface area contributed by atoms with Crippen molar-refractivity contribution in [3.8, 4) is 16.9 Å². The number of aromatic nitrogens is 1. The number of hydrogen-bond acceptors (Lipinski definition) is 8. The van der Waals surface area contributed by atoms with Crippen LogP contribution in [0.2, 0.25) is 0 Å². The number of pyridine rings is 1. The molecule has 2 N–H and O–H groups in total. The number of nitrogens with two attached hydrogens (primary N) is 1. The molecule has 0 bridgehead atoms. The van der Waals surface area contributed by atoms with Crippen LogP contribution in [0.4, 0.5) is 10.6 Å². The number of carbonyl (C=O) groups excluding carboxylic acids is 2. The third-order valence-electron chi connectivity index (χ3n) is 9.26. The van der Waals surface area contributed by atoms with Crippen molar-refractivity contribution in [3.05, 3.63) is 89.6 Å². The summed E-state index contributed by atoms with van der Waals surface area (Å²) in [7, 11) is 1.63. The third kappa shape index (κ3) is 6.51. The largest absolute Gasteiger partial charge is 0.485 e. The predicted octanol–water partition coefficient (Wildman–Crippen LogP) is 6.62. The molecule has 1 fully saturated rings. The van der Waals surface area contributed by atoms with Crippen LogP contribution in [-0.4, -0.2) is 62.0 Å².